The van der Waals surface area contributed by atoms with Crippen LogP contribution < -0.4 is 4.74 Å². The van der Waals surface area contributed by atoms with Crippen molar-refractivity contribution in [2.45, 2.75) is 19.1 Å². The monoisotopic (exact) mass is 395 g/mol. The van der Waals surface area contributed by atoms with Crippen LogP contribution in [0, 0.1) is 5.82 Å². The topological polar surface area (TPSA) is 58.2 Å². The molecule has 3 rings (SSSR count). The quantitative estimate of drug-likeness (QED) is 0.649. The van der Waals surface area contributed by atoms with Crippen LogP contribution >= 0.6 is 0 Å². The van der Waals surface area contributed by atoms with Gasteiger partial charge in [-0.15, -0.1) is 0 Å². The number of amides is 1. The number of halogens is 4. The smallest absolute Gasteiger partial charge is 0.422 e. The van der Waals surface area contributed by atoms with Gasteiger partial charge in [0.1, 0.15) is 11.6 Å². The molecule has 0 fully saturated rings. The van der Waals surface area contributed by atoms with Gasteiger partial charge in [0.25, 0.3) is 5.91 Å². The molecule has 3 aromatic rings. The Bertz CT molecular complexity index is 983. The molecule has 0 saturated heterocycles. The molecule has 9 heteroatoms. The van der Waals surface area contributed by atoms with Gasteiger partial charge in [-0.3, -0.25) is 9.78 Å². The molecule has 2 heterocycles. The third kappa shape index (κ3) is 4.24. The lowest BCUT2D eigenvalue weighted by Gasteiger charge is -2.24. The number of benzene rings is 1. The largest absolute Gasteiger partial charge is 0.483 e. The molecule has 0 aliphatic carbocycles. The number of pyridine rings is 1. The number of ether oxygens (including phenoxy) is 1. The Morgan fingerprint density at radius 2 is 2.04 bits per heavy atom. The predicted molar refractivity (Wildman–Crippen MR) is 94.6 cm³/mol. The van der Waals surface area contributed by atoms with Crippen molar-refractivity contribution in [2.24, 2.45) is 0 Å². The van der Waals surface area contributed by atoms with E-state index in [1.807, 2.05) is 0 Å². The van der Waals surface area contributed by atoms with E-state index < -0.39 is 24.6 Å². The summed E-state index contributed by atoms with van der Waals surface area (Å²) < 4.78 is 54.5. The number of hydrogen-bond acceptors (Lipinski definition) is 3. The lowest BCUT2D eigenvalue weighted by atomic mass is 10.1. The number of aromatic amines is 1. The summed E-state index contributed by atoms with van der Waals surface area (Å²) in [5, 5.41) is 0.592. The van der Waals surface area contributed by atoms with E-state index in [0.29, 0.717) is 22.2 Å². The number of nitrogens with one attached hydrogen (secondary N) is 1. The molecule has 0 spiro atoms. The summed E-state index contributed by atoms with van der Waals surface area (Å²) in [6.07, 6.45) is -1.73. The minimum atomic E-state index is -4.43. The maximum atomic E-state index is 13.3. The summed E-state index contributed by atoms with van der Waals surface area (Å²) in [6.45, 7) is 0.341. The number of carbonyl (C=O) groups excluding carboxylic acids is 1. The van der Waals surface area contributed by atoms with Gasteiger partial charge in [0.05, 0.1) is 23.5 Å². The van der Waals surface area contributed by atoms with Crippen molar-refractivity contribution in [3.63, 3.8) is 0 Å². The van der Waals surface area contributed by atoms with Crippen molar-refractivity contribution in [1.29, 1.82) is 0 Å². The molecule has 28 heavy (non-hydrogen) atoms. The van der Waals surface area contributed by atoms with Crippen molar-refractivity contribution in [3.8, 4) is 5.75 Å². The lowest BCUT2D eigenvalue weighted by molar-refractivity contribution is -0.153. The van der Waals surface area contributed by atoms with E-state index in [2.05, 4.69) is 14.7 Å². The molecule has 1 atom stereocenters. The van der Waals surface area contributed by atoms with Crippen LogP contribution in [-0.4, -0.2) is 40.6 Å². The normalized spacial score (nSPS) is 12.8. The van der Waals surface area contributed by atoms with E-state index in [1.54, 1.807) is 14.0 Å². The molecule has 0 aliphatic heterocycles. The second-order valence-corrected chi connectivity index (χ2v) is 6.31. The van der Waals surface area contributed by atoms with Crippen LogP contribution in [0.2, 0.25) is 0 Å². The number of fused-ring (bicyclic) bond motifs is 1. The molecule has 0 saturated carbocycles. The highest BCUT2D eigenvalue weighted by Crippen LogP contribution is 2.25. The van der Waals surface area contributed by atoms with E-state index >= 15 is 0 Å². The zero-order chi connectivity index (χ0) is 20.5. The van der Waals surface area contributed by atoms with Crippen molar-refractivity contribution >= 4 is 16.8 Å². The predicted octanol–water partition coefficient (Wildman–Crippen LogP) is 4.48. The van der Waals surface area contributed by atoms with Gasteiger partial charge in [0.15, 0.2) is 6.61 Å². The molecule has 0 bridgehead atoms. The van der Waals surface area contributed by atoms with Crippen molar-refractivity contribution in [2.75, 3.05) is 13.7 Å². The number of aromatic nitrogens is 2. The summed E-state index contributed by atoms with van der Waals surface area (Å²) in [6, 6.07) is 6.53. The molecule has 1 amide bonds. The summed E-state index contributed by atoms with van der Waals surface area (Å²) in [5.74, 6) is -0.724. The van der Waals surface area contributed by atoms with Gasteiger partial charge in [0, 0.05) is 24.1 Å². The Labute approximate surface area is 157 Å². The SMILES string of the molecule is C[C@H](c1ccc(OCC(F)(F)F)cn1)N(C)C(=O)c1c[nH]c2cc(F)ccc12. The third-order valence-electron chi connectivity index (χ3n) is 4.37. The highest BCUT2D eigenvalue weighted by molar-refractivity contribution is 6.06. The average molecular weight is 395 g/mol. The minimum absolute atomic E-state index is 0.0130. The first kappa shape index (κ1) is 19.7. The van der Waals surface area contributed by atoms with E-state index in [9.17, 15) is 22.4 Å². The molecule has 1 aromatic carbocycles. The zero-order valence-corrected chi connectivity index (χ0v) is 15.0. The summed E-state index contributed by atoms with van der Waals surface area (Å²) in [5.41, 5.74) is 1.38. The number of carbonyl (C=O) groups is 1. The van der Waals surface area contributed by atoms with E-state index in [0.717, 1.165) is 0 Å². The number of rotatable bonds is 5. The second kappa shape index (κ2) is 7.49. The Morgan fingerprint density at radius 3 is 2.68 bits per heavy atom. The fraction of sp³-hybridized carbons (Fsp3) is 0.263. The van der Waals surface area contributed by atoms with Crippen LogP contribution in [-0.2, 0) is 0 Å². The first-order valence-electron chi connectivity index (χ1n) is 8.35. The van der Waals surface area contributed by atoms with Gasteiger partial charge in [-0.1, -0.05) is 0 Å². The molecule has 2 aromatic heterocycles. The van der Waals surface area contributed by atoms with E-state index in [1.165, 1.54) is 47.6 Å². The highest BCUT2D eigenvalue weighted by atomic mass is 19.4. The Balaban J connectivity index is 1.74. The first-order valence-corrected chi connectivity index (χ1v) is 8.35. The second-order valence-electron chi connectivity index (χ2n) is 6.31. The van der Waals surface area contributed by atoms with Gasteiger partial charge in [-0.2, -0.15) is 13.2 Å². The standard InChI is InChI=1S/C19H17F4N3O2/c1-11(16-6-4-13(8-24-16)28-10-19(21,22)23)26(2)18(27)15-9-25-17-7-12(20)3-5-14(15)17/h3-9,11,25H,10H2,1-2H3/t11-/m1/s1. The van der Waals surface area contributed by atoms with Gasteiger partial charge in [0.2, 0.25) is 0 Å². The molecule has 5 nitrogen and oxygen atoms in total. The number of hydrogen-bond donors (Lipinski definition) is 1. The molecule has 0 radical (unpaired) electrons. The molecule has 148 valence electrons. The van der Waals surface area contributed by atoms with Gasteiger partial charge < -0.3 is 14.6 Å². The van der Waals surface area contributed by atoms with Gasteiger partial charge in [-0.25, -0.2) is 4.39 Å². The van der Waals surface area contributed by atoms with Gasteiger partial charge in [-0.05, 0) is 37.3 Å². The molecule has 0 unspecified atom stereocenters. The van der Waals surface area contributed by atoms with Crippen LogP contribution in [0.1, 0.15) is 29.0 Å². The Morgan fingerprint density at radius 1 is 1.29 bits per heavy atom. The molecule has 0 aliphatic rings. The summed E-state index contributed by atoms with van der Waals surface area (Å²) in [4.78, 5) is 21.2. The molecular weight excluding hydrogens is 378 g/mol. The minimum Gasteiger partial charge on any atom is -0.483 e. The van der Waals surface area contributed by atoms with Crippen LogP contribution in [0.15, 0.2) is 42.7 Å². The van der Waals surface area contributed by atoms with E-state index in [-0.39, 0.29) is 11.7 Å². The lowest BCUT2D eigenvalue weighted by Crippen LogP contribution is -2.30. The van der Waals surface area contributed by atoms with Crippen LogP contribution in [0.25, 0.3) is 10.9 Å². The van der Waals surface area contributed by atoms with Crippen LogP contribution in [0.5, 0.6) is 5.75 Å². The average Bonchev–Trinajstić information content (AvgIpc) is 3.07. The Hall–Kier alpha value is -3.10. The summed E-state index contributed by atoms with van der Waals surface area (Å²) >= 11 is 0. The first-order chi connectivity index (χ1) is 13.2. The number of H-pyrrole nitrogens is 1. The number of nitrogens with zero attached hydrogens (tertiary/aromatic N) is 2. The third-order valence-corrected chi connectivity index (χ3v) is 4.37. The van der Waals surface area contributed by atoms with Crippen molar-refractivity contribution in [1.82, 2.24) is 14.9 Å². The van der Waals surface area contributed by atoms with Crippen molar-refractivity contribution in [3.05, 3.63) is 59.8 Å². The number of alkyl halides is 3. The maximum Gasteiger partial charge on any atom is 0.422 e. The molecular formula is C19H17F4N3O2. The van der Waals surface area contributed by atoms with Crippen LogP contribution in [0.4, 0.5) is 17.6 Å². The van der Waals surface area contributed by atoms with Crippen LogP contribution in [0.3, 0.4) is 0 Å². The Kier molecular flexibility index (Phi) is 5.26. The highest BCUT2D eigenvalue weighted by Gasteiger charge is 2.28. The zero-order valence-electron chi connectivity index (χ0n) is 15.0. The van der Waals surface area contributed by atoms with Crippen molar-refractivity contribution < 1.29 is 27.1 Å². The maximum absolute atomic E-state index is 13.3. The molecule has 1 N–H and O–H groups in total. The summed E-state index contributed by atoms with van der Waals surface area (Å²) in [7, 11) is 1.59. The fourth-order valence-electron chi connectivity index (χ4n) is 2.73. The van der Waals surface area contributed by atoms with Gasteiger partial charge >= 0.3 is 6.18 Å². The van der Waals surface area contributed by atoms with E-state index in [4.69, 9.17) is 0 Å². The fourth-order valence-corrected chi connectivity index (χ4v) is 2.73.